The van der Waals surface area contributed by atoms with Crippen LogP contribution in [0.15, 0.2) is 30.0 Å². The molecule has 1 aliphatic rings. The number of rotatable bonds is 5. The molecule has 0 heterocycles. The van der Waals surface area contributed by atoms with Gasteiger partial charge in [0.25, 0.3) is 5.91 Å². The summed E-state index contributed by atoms with van der Waals surface area (Å²) in [5.41, 5.74) is 7.43. The number of nitrogens with one attached hydrogen (secondary N) is 2. The fourth-order valence-electron chi connectivity index (χ4n) is 2.40. The first-order valence-electron chi connectivity index (χ1n) is 7.20. The number of carbonyl (C=O) groups is 1. The van der Waals surface area contributed by atoms with Gasteiger partial charge in [-0.1, -0.05) is 12.0 Å². The minimum absolute atomic E-state index is 0.205. The van der Waals surface area contributed by atoms with Gasteiger partial charge in [-0.15, -0.1) is 0 Å². The number of hydrogen-bond donors (Lipinski definition) is 2. The fraction of sp³-hybridized carbons (Fsp3) is 0.438. The van der Waals surface area contributed by atoms with Crippen molar-refractivity contribution >= 4 is 5.91 Å². The molecule has 0 bridgehead atoms. The van der Waals surface area contributed by atoms with Crippen LogP contribution in [0, 0.1) is 0 Å². The van der Waals surface area contributed by atoms with Gasteiger partial charge in [0.05, 0.1) is 14.2 Å². The van der Waals surface area contributed by atoms with E-state index in [0.29, 0.717) is 17.1 Å². The number of allylic oxidation sites excluding steroid dienone is 1. The maximum absolute atomic E-state index is 12.1. The van der Waals surface area contributed by atoms with Gasteiger partial charge in [-0.05, 0) is 43.9 Å². The maximum Gasteiger partial charge on any atom is 0.269 e. The van der Waals surface area contributed by atoms with Crippen molar-refractivity contribution in [3.8, 4) is 11.5 Å². The van der Waals surface area contributed by atoms with Gasteiger partial charge in [-0.2, -0.15) is 0 Å². The molecule has 0 unspecified atom stereocenters. The Bertz CT molecular complexity index is 518. The summed E-state index contributed by atoms with van der Waals surface area (Å²) < 4.78 is 10.3. The summed E-state index contributed by atoms with van der Waals surface area (Å²) in [5.74, 6) is 0.936. The van der Waals surface area contributed by atoms with Crippen molar-refractivity contribution in [1.82, 2.24) is 10.9 Å². The summed E-state index contributed by atoms with van der Waals surface area (Å²) in [6.45, 7) is 0. The second kappa shape index (κ2) is 7.57. The van der Waals surface area contributed by atoms with Crippen LogP contribution < -0.4 is 20.3 Å². The van der Waals surface area contributed by atoms with E-state index in [1.807, 2.05) is 6.20 Å². The lowest BCUT2D eigenvalue weighted by Crippen LogP contribution is -2.33. The van der Waals surface area contributed by atoms with Gasteiger partial charge in [-0.3, -0.25) is 10.2 Å². The predicted molar refractivity (Wildman–Crippen MR) is 81.3 cm³/mol. The number of hydrogen-bond acceptors (Lipinski definition) is 4. The summed E-state index contributed by atoms with van der Waals surface area (Å²) in [6.07, 6.45) is 7.89. The Morgan fingerprint density at radius 1 is 1.10 bits per heavy atom. The largest absolute Gasteiger partial charge is 0.493 e. The van der Waals surface area contributed by atoms with Crippen molar-refractivity contribution in [1.29, 1.82) is 0 Å². The lowest BCUT2D eigenvalue weighted by Gasteiger charge is -2.14. The van der Waals surface area contributed by atoms with Crippen LogP contribution in [0.5, 0.6) is 11.5 Å². The molecule has 5 heteroatoms. The van der Waals surface area contributed by atoms with Crippen LogP contribution in [-0.2, 0) is 0 Å². The van der Waals surface area contributed by atoms with Crippen molar-refractivity contribution in [3.05, 3.63) is 35.5 Å². The van der Waals surface area contributed by atoms with E-state index in [1.54, 1.807) is 32.4 Å². The van der Waals surface area contributed by atoms with E-state index in [2.05, 4.69) is 10.9 Å². The van der Waals surface area contributed by atoms with Gasteiger partial charge < -0.3 is 14.9 Å². The lowest BCUT2D eigenvalue weighted by molar-refractivity contribution is 0.0940. The SMILES string of the molecule is COc1ccc(C(=O)NNC=C2CCCCC2)cc1OC. The molecule has 1 aromatic carbocycles. The molecule has 0 aromatic heterocycles. The molecule has 1 fully saturated rings. The van der Waals surface area contributed by atoms with E-state index >= 15 is 0 Å². The van der Waals surface area contributed by atoms with Crippen molar-refractivity contribution in [2.45, 2.75) is 32.1 Å². The topological polar surface area (TPSA) is 59.6 Å². The Morgan fingerprint density at radius 3 is 2.48 bits per heavy atom. The molecule has 1 amide bonds. The summed E-state index contributed by atoms with van der Waals surface area (Å²) >= 11 is 0. The quantitative estimate of drug-likeness (QED) is 0.819. The molecule has 0 aliphatic heterocycles. The number of benzene rings is 1. The third kappa shape index (κ3) is 4.15. The molecule has 0 saturated heterocycles. The molecule has 21 heavy (non-hydrogen) atoms. The Labute approximate surface area is 125 Å². The van der Waals surface area contributed by atoms with Crippen LogP contribution in [0.4, 0.5) is 0 Å². The monoisotopic (exact) mass is 290 g/mol. The third-order valence-electron chi connectivity index (χ3n) is 3.60. The Balaban J connectivity index is 1.93. The highest BCUT2D eigenvalue weighted by Gasteiger charge is 2.10. The molecule has 114 valence electrons. The van der Waals surface area contributed by atoms with Crippen molar-refractivity contribution < 1.29 is 14.3 Å². The lowest BCUT2D eigenvalue weighted by atomic mass is 9.96. The third-order valence-corrected chi connectivity index (χ3v) is 3.60. The van der Waals surface area contributed by atoms with Crippen LogP contribution in [0.25, 0.3) is 0 Å². The number of hydrazine groups is 1. The van der Waals surface area contributed by atoms with E-state index in [-0.39, 0.29) is 5.91 Å². The number of amides is 1. The minimum atomic E-state index is -0.205. The Morgan fingerprint density at radius 2 is 1.81 bits per heavy atom. The molecule has 0 spiro atoms. The summed E-state index contributed by atoms with van der Waals surface area (Å²) in [7, 11) is 3.11. The molecule has 2 rings (SSSR count). The summed E-state index contributed by atoms with van der Waals surface area (Å²) in [4.78, 5) is 12.1. The van der Waals surface area contributed by atoms with E-state index in [9.17, 15) is 4.79 Å². The first-order chi connectivity index (χ1) is 10.2. The molecule has 0 radical (unpaired) electrons. The van der Waals surface area contributed by atoms with Gasteiger partial charge in [-0.25, -0.2) is 0 Å². The van der Waals surface area contributed by atoms with Gasteiger partial charge in [0.1, 0.15) is 0 Å². The van der Waals surface area contributed by atoms with Crippen LogP contribution >= 0.6 is 0 Å². The van der Waals surface area contributed by atoms with Gasteiger partial charge in [0.2, 0.25) is 0 Å². The fourth-order valence-corrected chi connectivity index (χ4v) is 2.40. The summed E-state index contributed by atoms with van der Waals surface area (Å²) in [5, 5.41) is 0. The molecule has 2 N–H and O–H groups in total. The number of carbonyl (C=O) groups excluding carboxylic acids is 1. The van der Waals surface area contributed by atoms with Crippen LogP contribution in [0.1, 0.15) is 42.5 Å². The normalized spacial score (nSPS) is 14.3. The average molecular weight is 290 g/mol. The number of ether oxygens (including phenoxy) is 2. The van der Waals surface area contributed by atoms with E-state index in [4.69, 9.17) is 9.47 Å². The van der Waals surface area contributed by atoms with Crippen LogP contribution in [0.2, 0.25) is 0 Å². The minimum Gasteiger partial charge on any atom is -0.493 e. The Hall–Kier alpha value is -2.17. The maximum atomic E-state index is 12.1. The first-order valence-corrected chi connectivity index (χ1v) is 7.20. The first kappa shape index (κ1) is 15.2. The molecule has 5 nitrogen and oxygen atoms in total. The second-order valence-electron chi connectivity index (χ2n) is 5.03. The second-order valence-corrected chi connectivity index (χ2v) is 5.03. The van der Waals surface area contributed by atoms with Gasteiger partial charge >= 0.3 is 0 Å². The zero-order valence-corrected chi connectivity index (χ0v) is 12.6. The smallest absolute Gasteiger partial charge is 0.269 e. The van der Waals surface area contributed by atoms with Crippen molar-refractivity contribution in [2.24, 2.45) is 0 Å². The standard InChI is InChI=1S/C16H22N2O3/c1-20-14-9-8-13(10-15(14)21-2)16(19)18-17-11-12-6-4-3-5-7-12/h8-11,17H,3-7H2,1-2H3,(H,18,19). The van der Waals surface area contributed by atoms with E-state index in [0.717, 1.165) is 12.8 Å². The predicted octanol–water partition coefficient (Wildman–Crippen LogP) is 2.79. The van der Waals surface area contributed by atoms with Gasteiger partial charge in [0, 0.05) is 11.8 Å². The van der Waals surface area contributed by atoms with Crippen LogP contribution in [-0.4, -0.2) is 20.1 Å². The molecule has 1 aliphatic carbocycles. The van der Waals surface area contributed by atoms with E-state index < -0.39 is 0 Å². The molecular formula is C16H22N2O3. The highest BCUT2D eigenvalue weighted by atomic mass is 16.5. The van der Waals surface area contributed by atoms with Crippen molar-refractivity contribution in [3.63, 3.8) is 0 Å². The molecule has 0 atom stereocenters. The zero-order chi connectivity index (χ0) is 15.1. The average Bonchev–Trinajstić information content (AvgIpc) is 2.55. The van der Waals surface area contributed by atoms with E-state index in [1.165, 1.54) is 24.8 Å². The van der Waals surface area contributed by atoms with Crippen LogP contribution in [0.3, 0.4) is 0 Å². The zero-order valence-electron chi connectivity index (χ0n) is 12.6. The summed E-state index contributed by atoms with van der Waals surface area (Å²) in [6, 6.07) is 5.07. The number of methoxy groups -OCH3 is 2. The van der Waals surface area contributed by atoms with Gasteiger partial charge in [0.15, 0.2) is 11.5 Å². The highest BCUT2D eigenvalue weighted by molar-refractivity contribution is 5.94. The Kier molecular flexibility index (Phi) is 5.49. The molecular weight excluding hydrogens is 268 g/mol. The van der Waals surface area contributed by atoms with Crippen molar-refractivity contribution in [2.75, 3.05) is 14.2 Å². The molecule has 1 saturated carbocycles. The molecule has 1 aromatic rings. The highest BCUT2D eigenvalue weighted by Crippen LogP contribution is 2.27.